The predicted molar refractivity (Wildman–Crippen MR) is 212 cm³/mol. The van der Waals surface area contributed by atoms with Gasteiger partial charge in [0.05, 0.1) is 41.0 Å². The van der Waals surface area contributed by atoms with Gasteiger partial charge in [0.1, 0.15) is 0 Å². The van der Waals surface area contributed by atoms with Crippen LogP contribution in [0.1, 0.15) is 33.1 Å². The lowest BCUT2D eigenvalue weighted by atomic mass is 9.98. The summed E-state index contributed by atoms with van der Waals surface area (Å²) in [6, 6.07) is 47.0. The molecule has 0 amide bonds. The number of carbonyl (C=O) groups is 1. The van der Waals surface area contributed by atoms with Crippen LogP contribution in [0, 0.1) is 0 Å². The second kappa shape index (κ2) is 13.0. The quantitative estimate of drug-likeness (QED) is 0.178. The van der Waals surface area contributed by atoms with Gasteiger partial charge in [-0.3, -0.25) is 0 Å². The number of rotatable bonds is 5. The third-order valence-electron chi connectivity index (χ3n) is 9.47. The van der Waals surface area contributed by atoms with Crippen LogP contribution in [0.2, 0.25) is 0 Å². The van der Waals surface area contributed by atoms with Crippen LogP contribution in [0.15, 0.2) is 140 Å². The highest BCUT2D eigenvalue weighted by atomic mass is 16.5. The maximum atomic E-state index is 12.7. The van der Waals surface area contributed by atoms with Gasteiger partial charge in [-0.1, -0.05) is 103 Å². The number of hydrogen-bond acceptors (Lipinski definition) is 4. The minimum Gasteiger partial charge on any atom is -0.465 e. The topological polar surface area (TPSA) is 83.7 Å². The van der Waals surface area contributed by atoms with Crippen molar-refractivity contribution in [2.24, 2.45) is 0 Å². The molecule has 2 aliphatic rings. The standard InChI is InChI=1S/C46H32N4O2/c1-52-46(51)33-19-11-18-32(26-33)36-28-35-27-34-20-21-37(47-34)42(29-12-5-2-6-13-29)38-22-23-39(49-38)43(30-14-7-3-8-15-30)40-24-25-41(50-40)44(45(36)48-35)31-16-9-4-10-17-31/h2-28,48-49H,1H3. The Bertz CT molecular complexity index is 2720. The van der Waals surface area contributed by atoms with E-state index in [0.29, 0.717) is 5.56 Å². The molecule has 0 saturated heterocycles. The third kappa shape index (κ3) is 5.62. The molecule has 5 heterocycles. The summed E-state index contributed by atoms with van der Waals surface area (Å²) in [5, 5.41) is 0. The Morgan fingerprint density at radius 2 is 1.06 bits per heavy atom. The molecule has 0 radical (unpaired) electrons. The zero-order chi connectivity index (χ0) is 35.0. The number of H-pyrrole nitrogens is 2. The van der Waals surface area contributed by atoms with E-state index in [2.05, 4.69) is 113 Å². The van der Waals surface area contributed by atoms with Gasteiger partial charge < -0.3 is 14.7 Å². The number of fused-ring (bicyclic) bond motifs is 8. The van der Waals surface area contributed by atoms with Crippen molar-refractivity contribution in [3.05, 3.63) is 168 Å². The number of nitrogens with one attached hydrogen (secondary N) is 2. The number of nitrogens with zero attached hydrogens (tertiary/aromatic N) is 2. The number of aromatic nitrogens is 4. The first-order chi connectivity index (χ1) is 25.6. The summed E-state index contributed by atoms with van der Waals surface area (Å²) in [5.41, 5.74) is 15.3. The van der Waals surface area contributed by atoms with Crippen LogP contribution < -0.4 is 0 Å². The Morgan fingerprint density at radius 1 is 0.519 bits per heavy atom. The number of ether oxygens (including phenoxy) is 1. The van der Waals surface area contributed by atoms with E-state index in [-0.39, 0.29) is 5.97 Å². The molecule has 8 bridgehead atoms. The van der Waals surface area contributed by atoms with Crippen molar-refractivity contribution in [1.29, 1.82) is 0 Å². The number of carbonyl (C=O) groups excluding carboxylic acids is 1. The minimum absolute atomic E-state index is 0.388. The number of aromatic amines is 2. The van der Waals surface area contributed by atoms with E-state index in [1.54, 1.807) is 6.07 Å². The van der Waals surface area contributed by atoms with Gasteiger partial charge in [0.15, 0.2) is 0 Å². The number of esters is 1. The van der Waals surface area contributed by atoms with Crippen LogP contribution in [0.25, 0.3) is 90.9 Å². The molecule has 7 aromatic rings. The van der Waals surface area contributed by atoms with Crippen molar-refractivity contribution in [1.82, 2.24) is 19.9 Å². The van der Waals surface area contributed by atoms with E-state index in [4.69, 9.17) is 14.7 Å². The summed E-state index contributed by atoms with van der Waals surface area (Å²) in [6.45, 7) is 0. The lowest BCUT2D eigenvalue weighted by Gasteiger charge is -2.08. The van der Waals surface area contributed by atoms with Gasteiger partial charge >= 0.3 is 5.97 Å². The Kier molecular flexibility index (Phi) is 7.75. The summed E-state index contributed by atoms with van der Waals surface area (Å²) in [4.78, 5) is 30.7. The molecule has 4 aromatic carbocycles. The van der Waals surface area contributed by atoms with Gasteiger partial charge in [0.25, 0.3) is 0 Å². The lowest BCUT2D eigenvalue weighted by Crippen LogP contribution is -2.00. The van der Waals surface area contributed by atoms with Crippen molar-refractivity contribution in [3.8, 4) is 44.5 Å². The van der Waals surface area contributed by atoms with E-state index in [0.717, 1.165) is 89.4 Å². The SMILES string of the molecule is COC(=O)c1cccc(-c2cc3cc4nc(c(-c5ccccc5)c5ccc([nH]5)c(-c5ccccc5)c5nc(c(-c6ccccc6)c2[nH]3)C=C5)C=C4)c1. The van der Waals surface area contributed by atoms with E-state index >= 15 is 0 Å². The predicted octanol–water partition coefficient (Wildman–Crippen LogP) is 11.1. The van der Waals surface area contributed by atoms with E-state index in [1.165, 1.54) is 7.11 Å². The second-order valence-corrected chi connectivity index (χ2v) is 12.7. The molecule has 0 saturated carbocycles. The van der Waals surface area contributed by atoms with Crippen LogP contribution in [-0.4, -0.2) is 33.0 Å². The zero-order valence-electron chi connectivity index (χ0n) is 28.3. The smallest absolute Gasteiger partial charge is 0.337 e. The molecule has 0 spiro atoms. The number of benzene rings is 4. The fourth-order valence-corrected chi connectivity index (χ4v) is 7.11. The van der Waals surface area contributed by atoms with Gasteiger partial charge in [-0.25, -0.2) is 14.8 Å². The van der Waals surface area contributed by atoms with Crippen molar-refractivity contribution in [3.63, 3.8) is 0 Å². The Labute approximate surface area is 300 Å². The summed E-state index contributed by atoms with van der Waals surface area (Å²) >= 11 is 0. The third-order valence-corrected chi connectivity index (χ3v) is 9.47. The molecule has 0 unspecified atom stereocenters. The molecular weight excluding hydrogens is 641 g/mol. The zero-order valence-corrected chi connectivity index (χ0v) is 28.3. The molecule has 0 atom stereocenters. The maximum Gasteiger partial charge on any atom is 0.337 e. The number of methoxy groups -OCH3 is 1. The fourth-order valence-electron chi connectivity index (χ4n) is 7.11. The Balaban J connectivity index is 1.46. The summed E-state index contributed by atoms with van der Waals surface area (Å²) in [6.07, 6.45) is 8.31. The summed E-state index contributed by atoms with van der Waals surface area (Å²) < 4.78 is 5.09. The molecule has 52 heavy (non-hydrogen) atoms. The van der Waals surface area contributed by atoms with Gasteiger partial charge in [0.2, 0.25) is 0 Å². The van der Waals surface area contributed by atoms with Crippen molar-refractivity contribution >= 4 is 52.3 Å². The van der Waals surface area contributed by atoms with Crippen molar-refractivity contribution in [2.75, 3.05) is 7.11 Å². The molecular formula is C46H32N4O2. The highest BCUT2D eigenvalue weighted by molar-refractivity contribution is 6.02. The molecule has 3 aromatic heterocycles. The van der Waals surface area contributed by atoms with Crippen molar-refractivity contribution in [2.45, 2.75) is 0 Å². The molecule has 6 nitrogen and oxygen atoms in total. The molecule has 9 rings (SSSR count). The fraction of sp³-hybridized carbons (Fsp3) is 0.0217. The first kappa shape index (κ1) is 31.0. The molecule has 0 fully saturated rings. The molecule has 2 N–H and O–H groups in total. The van der Waals surface area contributed by atoms with Crippen LogP contribution in [0.3, 0.4) is 0 Å². The molecule has 6 heteroatoms. The van der Waals surface area contributed by atoms with Crippen LogP contribution in [0.5, 0.6) is 0 Å². The Morgan fingerprint density at radius 3 is 1.67 bits per heavy atom. The van der Waals surface area contributed by atoms with Gasteiger partial charge in [0, 0.05) is 38.8 Å². The van der Waals surface area contributed by atoms with Gasteiger partial charge in [-0.05, 0) is 83.0 Å². The Hall–Kier alpha value is -7.05. The molecule has 0 aliphatic carbocycles. The average Bonchev–Trinajstić information content (AvgIpc) is 4.03. The molecule has 2 aliphatic heterocycles. The number of hydrogen-bond donors (Lipinski definition) is 2. The van der Waals surface area contributed by atoms with Gasteiger partial charge in [-0.15, -0.1) is 0 Å². The lowest BCUT2D eigenvalue weighted by molar-refractivity contribution is 0.0600. The van der Waals surface area contributed by atoms with Crippen LogP contribution in [-0.2, 0) is 4.74 Å². The van der Waals surface area contributed by atoms with Crippen LogP contribution >= 0.6 is 0 Å². The first-order valence-corrected chi connectivity index (χ1v) is 17.2. The van der Waals surface area contributed by atoms with E-state index in [1.807, 2.05) is 54.6 Å². The summed E-state index contributed by atoms with van der Waals surface area (Å²) in [5.74, 6) is -0.388. The van der Waals surface area contributed by atoms with Crippen molar-refractivity contribution < 1.29 is 9.53 Å². The van der Waals surface area contributed by atoms with E-state index < -0.39 is 0 Å². The minimum atomic E-state index is -0.388. The summed E-state index contributed by atoms with van der Waals surface area (Å²) in [7, 11) is 1.40. The average molecular weight is 673 g/mol. The van der Waals surface area contributed by atoms with Crippen LogP contribution in [0.4, 0.5) is 0 Å². The monoisotopic (exact) mass is 672 g/mol. The largest absolute Gasteiger partial charge is 0.465 e. The second-order valence-electron chi connectivity index (χ2n) is 12.7. The van der Waals surface area contributed by atoms with Gasteiger partial charge in [-0.2, -0.15) is 0 Å². The highest BCUT2D eigenvalue weighted by Crippen LogP contribution is 2.39. The maximum absolute atomic E-state index is 12.7. The first-order valence-electron chi connectivity index (χ1n) is 17.2. The normalized spacial score (nSPS) is 11.9. The molecule has 248 valence electrons. The highest BCUT2D eigenvalue weighted by Gasteiger charge is 2.19. The van der Waals surface area contributed by atoms with E-state index in [9.17, 15) is 4.79 Å².